The van der Waals surface area contributed by atoms with Crippen molar-refractivity contribution in [1.29, 1.82) is 0 Å². The van der Waals surface area contributed by atoms with Crippen LogP contribution in [0.2, 0.25) is 0 Å². The first-order valence-electron chi connectivity index (χ1n) is 11.0. The molecule has 0 saturated carbocycles. The molecule has 1 saturated heterocycles. The molecule has 0 spiro atoms. The minimum Gasteiger partial charge on any atom is -0.497 e. The number of nitrogens with one attached hydrogen (secondary N) is 1. The molecular formula is C23H28N6O3S. The number of Topliss-reactive ketones (excluding diaryl/α,β-unsaturated/α-hetero) is 1. The lowest BCUT2D eigenvalue weighted by Crippen LogP contribution is -2.26. The summed E-state index contributed by atoms with van der Waals surface area (Å²) in [5.41, 5.74) is 1.68. The van der Waals surface area contributed by atoms with Crippen molar-refractivity contribution in [3.8, 4) is 5.75 Å². The number of aromatic nitrogens is 4. The van der Waals surface area contributed by atoms with Crippen LogP contribution >= 0.6 is 11.3 Å². The van der Waals surface area contributed by atoms with Gasteiger partial charge in [-0.1, -0.05) is 23.5 Å². The Morgan fingerprint density at radius 3 is 2.88 bits per heavy atom. The first-order valence-corrected chi connectivity index (χ1v) is 11.8. The normalized spacial score (nSPS) is 16.6. The molecule has 1 N–H and O–H groups in total. The van der Waals surface area contributed by atoms with E-state index in [2.05, 4.69) is 30.6 Å². The number of hydrogen-bond donors (Lipinski definition) is 1. The van der Waals surface area contributed by atoms with Crippen molar-refractivity contribution in [2.24, 2.45) is 0 Å². The maximum Gasteiger partial charge on any atom is 0.205 e. The van der Waals surface area contributed by atoms with Gasteiger partial charge in [-0.15, -0.1) is 15.3 Å². The van der Waals surface area contributed by atoms with Gasteiger partial charge in [0.05, 0.1) is 19.2 Å². The standard InChI is InChI=1S/C23H28N6O3S/c1-4-32-22(16-6-5-7-18(12-16)31-3)19(30)13-21-27-28-23(33-21)24-17-10-11-29(14-17)20-9-8-15(2)25-26-20/h5-9,12,17,22H,4,10-11,13-14H2,1-3H3,(H,24,28)/t17-,22-/m1/s1. The maximum atomic E-state index is 13.0. The lowest BCUT2D eigenvalue weighted by Gasteiger charge is -2.17. The summed E-state index contributed by atoms with van der Waals surface area (Å²) < 4.78 is 11.0. The minimum atomic E-state index is -0.663. The second-order valence-electron chi connectivity index (χ2n) is 7.86. The van der Waals surface area contributed by atoms with Gasteiger partial charge in [0.2, 0.25) is 5.13 Å². The zero-order valence-electron chi connectivity index (χ0n) is 19.0. The van der Waals surface area contributed by atoms with Crippen LogP contribution in [0.5, 0.6) is 5.75 Å². The number of rotatable bonds is 10. The largest absolute Gasteiger partial charge is 0.497 e. The van der Waals surface area contributed by atoms with Crippen LogP contribution < -0.4 is 15.0 Å². The molecule has 1 aliphatic rings. The van der Waals surface area contributed by atoms with E-state index in [0.29, 0.717) is 22.5 Å². The van der Waals surface area contributed by atoms with Gasteiger partial charge in [0.1, 0.15) is 16.9 Å². The van der Waals surface area contributed by atoms with Crippen LogP contribution in [-0.4, -0.2) is 59.0 Å². The SMILES string of the molecule is CCO[C@@H](C(=O)Cc1nnc(N[C@@H]2CCN(c3ccc(C)nn3)C2)s1)c1cccc(OC)c1. The van der Waals surface area contributed by atoms with Crippen LogP contribution in [0.15, 0.2) is 36.4 Å². The molecule has 174 valence electrons. The molecule has 2 atom stereocenters. The van der Waals surface area contributed by atoms with Crippen LogP contribution in [0.25, 0.3) is 0 Å². The van der Waals surface area contributed by atoms with Crippen LogP contribution in [0.4, 0.5) is 10.9 Å². The van der Waals surface area contributed by atoms with Crippen LogP contribution in [-0.2, 0) is 16.0 Å². The molecule has 0 unspecified atom stereocenters. The van der Waals surface area contributed by atoms with E-state index in [1.54, 1.807) is 7.11 Å². The highest BCUT2D eigenvalue weighted by molar-refractivity contribution is 7.15. The molecule has 10 heteroatoms. The second-order valence-corrected chi connectivity index (χ2v) is 8.93. The Kier molecular flexibility index (Phi) is 7.46. The summed E-state index contributed by atoms with van der Waals surface area (Å²) in [7, 11) is 1.60. The monoisotopic (exact) mass is 468 g/mol. The third kappa shape index (κ3) is 5.82. The fraction of sp³-hybridized carbons (Fsp3) is 0.435. The molecule has 2 aromatic heterocycles. The number of carbonyl (C=O) groups excluding carboxylic acids is 1. The van der Waals surface area contributed by atoms with E-state index in [1.165, 1.54) is 11.3 Å². The third-order valence-corrected chi connectivity index (χ3v) is 6.29. The van der Waals surface area contributed by atoms with E-state index in [4.69, 9.17) is 9.47 Å². The zero-order chi connectivity index (χ0) is 23.2. The lowest BCUT2D eigenvalue weighted by molar-refractivity contribution is -0.130. The molecular weight excluding hydrogens is 440 g/mol. The number of methoxy groups -OCH3 is 1. The van der Waals surface area contributed by atoms with E-state index in [-0.39, 0.29) is 18.2 Å². The van der Waals surface area contributed by atoms with Crippen molar-refractivity contribution in [1.82, 2.24) is 20.4 Å². The highest BCUT2D eigenvalue weighted by Gasteiger charge is 2.26. The number of nitrogens with zero attached hydrogens (tertiary/aromatic N) is 5. The van der Waals surface area contributed by atoms with Crippen molar-refractivity contribution < 1.29 is 14.3 Å². The number of hydrogen-bond acceptors (Lipinski definition) is 10. The molecule has 1 aliphatic heterocycles. The molecule has 3 heterocycles. The van der Waals surface area contributed by atoms with E-state index in [9.17, 15) is 4.79 Å². The average molecular weight is 469 g/mol. The summed E-state index contributed by atoms with van der Waals surface area (Å²) in [6.07, 6.45) is 0.465. The smallest absolute Gasteiger partial charge is 0.205 e. The number of anilines is 2. The van der Waals surface area contributed by atoms with Crippen LogP contribution in [0, 0.1) is 6.92 Å². The Bertz CT molecular complexity index is 1070. The lowest BCUT2D eigenvalue weighted by atomic mass is 10.0. The van der Waals surface area contributed by atoms with Crippen LogP contribution in [0.3, 0.4) is 0 Å². The third-order valence-electron chi connectivity index (χ3n) is 5.44. The first-order chi connectivity index (χ1) is 16.1. The number of ether oxygens (including phenoxy) is 2. The van der Waals surface area contributed by atoms with Gasteiger partial charge >= 0.3 is 0 Å². The van der Waals surface area contributed by atoms with Gasteiger partial charge in [-0.05, 0) is 50.1 Å². The topological polar surface area (TPSA) is 102 Å². The summed E-state index contributed by atoms with van der Waals surface area (Å²) in [6.45, 7) is 5.95. The zero-order valence-corrected chi connectivity index (χ0v) is 19.8. The van der Waals surface area contributed by atoms with Gasteiger partial charge in [-0.25, -0.2) is 0 Å². The maximum absolute atomic E-state index is 13.0. The summed E-state index contributed by atoms with van der Waals surface area (Å²) in [6, 6.07) is 11.6. The molecule has 33 heavy (non-hydrogen) atoms. The molecule has 0 radical (unpaired) electrons. The summed E-state index contributed by atoms with van der Waals surface area (Å²) in [5.74, 6) is 1.51. The Morgan fingerprint density at radius 2 is 2.12 bits per heavy atom. The van der Waals surface area contributed by atoms with Gasteiger partial charge in [0.25, 0.3) is 0 Å². The molecule has 0 aliphatic carbocycles. The van der Waals surface area contributed by atoms with Gasteiger partial charge in [0.15, 0.2) is 11.6 Å². The van der Waals surface area contributed by atoms with E-state index in [0.717, 1.165) is 36.6 Å². The summed E-state index contributed by atoms with van der Waals surface area (Å²) >= 11 is 1.40. The van der Waals surface area contributed by atoms with Crippen LogP contribution in [0.1, 0.15) is 35.7 Å². The highest BCUT2D eigenvalue weighted by Crippen LogP contribution is 2.27. The highest BCUT2D eigenvalue weighted by atomic mass is 32.1. The Morgan fingerprint density at radius 1 is 1.24 bits per heavy atom. The molecule has 1 fully saturated rings. The number of benzene rings is 1. The van der Waals surface area contributed by atoms with Gasteiger partial charge in [-0.3, -0.25) is 4.79 Å². The van der Waals surface area contributed by atoms with Crippen molar-refractivity contribution in [2.45, 2.75) is 38.8 Å². The Labute approximate surface area is 197 Å². The molecule has 9 nitrogen and oxygen atoms in total. The number of aryl methyl sites for hydroxylation is 1. The van der Waals surface area contributed by atoms with Crippen molar-refractivity contribution in [3.63, 3.8) is 0 Å². The van der Waals surface area contributed by atoms with E-state index < -0.39 is 6.10 Å². The molecule has 0 amide bonds. The van der Waals surface area contributed by atoms with Crippen molar-refractivity contribution >= 4 is 28.1 Å². The number of carbonyl (C=O) groups is 1. The fourth-order valence-electron chi connectivity index (χ4n) is 3.79. The van der Waals surface area contributed by atoms with Crippen molar-refractivity contribution in [3.05, 3.63) is 52.7 Å². The molecule has 1 aromatic carbocycles. The Hall–Kier alpha value is -3.11. The molecule has 4 rings (SSSR count). The quantitative estimate of drug-likeness (QED) is 0.480. The van der Waals surface area contributed by atoms with Gasteiger partial charge < -0.3 is 19.7 Å². The summed E-state index contributed by atoms with van der Waals surface area (Å²) in [5, 5.41) is 21.7. The molecule has 3 aromatic rings. The minimum absolute atomic E-state index is 0.0576. The first kappa shape index (κ1) is 23.1. The number of ketones is 1. The predicted molar refractivity (Wildman–Crippen MR) is 127 cm³/mol. The second kappa shape index (κ2) is 10.7. The van der Waals surface area contributed by atoms with E-state index in [1.807, 2.05) is 50.2 Å². The van der Waals surface area contributed by atoms with Gasteiger partial charge in [-0.2, -0.15) is 5.10 Å². The Balaban J connectivity index is 1.35. The van der Waals surface area contributed by atoms with E-state index >= 15 is 0 Å². The fourth-order valence-corrected chi connectivity index (χ4v) is 4.62. The average Bonchev–Trinajstić information content (AvgIpc) is 3.47. The van der Waals surface area contributed by atoms with Crippen molar-refractivity contribution in [2.75, 3.05) is 37.0 Å². The molecule has 0 bridgehead atoms. The van der Waals surface area contributed by atoms with Gasteiger partial charge in [0, 0.05) is 25.7 Å². The summed E-state index contributed by atoms with van der Waals surface area (Å²) in [4.78, 5) is 15.2. The predicted octanol–water partition coefficient (Wildman–Crippen LogP) is 3.23.